The average Bonchev–Trinajstić information content (AvgIpc) is 2.62. The molecule has 1 atom stereocenters. The maximum absolute atomic E-state index is 13.0. The van der Waals surface area contributed by atoms with Crippen molar-refractivity contribution in [1.29, 1.82) is 0 Å². The fraction of sp³-hybridized carbons (Fsp3) is 0.348. The molecular formula is C23H27NO3. The van der Waals surface area contributed by atoms with Gasteiger partial charge in [0.2, 0.25) is 0 Å². The van der Waals surface area contributed by atoms with Crippen molar-refractivity contribution in [3.8, 4) is 0 Å². The molecule has 1 unspecified atom stereocenters. The Kier molecular flexibility index (Phi) is 5.84. The molecule has 0 fully saturated rings. The topological polar surface area (TPSA) is 38.8 Å². The molecular weight excluding hydrogens is 338 g/mol. The summed E-state index contributed by atoms with van der Waals surface area (Å²) in [5, 5.41) is 0. The van der Waals surface area contributed by atoms with E-state index in [-0.39, 0.29) is 12.1 Å². The molecule has 142 valence electrons. The first-order valence-electron chi connectivity index (χ1n) is 9.33. The van der Waals surface area contributed by atoms with Crippen molar-refractivity contribution in [2.75, 3.05) is 6.61 Å². The van der Waals surface area contributed by atoms with Crippen LogP contribution < -0.4 is 0 Å². The summed E-state index contributed by atoms with van der Waals surface area (Å²) in [6.45, 7) is 6.11. The van der Waals surface area contributed by atoms with E-state index in [0.29, 0.717) is 19.4 Å². The molecule has 0 radical (unpaired) electrons. The van der Waals surface area contributed by atoms with Crippen LogP contribution in [0.25, 0.3) is 0 Å². The highest BCUT2D eigenvalue weighted by molar-refractivity contribution is 5.71. The third-order valence-corrected chi connectivity index (χ3v) is 4.31. The van der Waals surface area contributed by atoms with Gasteiger partial charge in [0.1, 0.15) is 18.5 Å². The molecule has 0 saturated carbocycles. The fourth-order valence-corrected chi connectivity index (χ4v) is 3.17. The molecule has 0 saturated heterocycles. The van der Waals surface area contributed by atoms with E-state index >= 15 is 0 Å². The van der Waals surface area contributed by atoms with E-state index in [1.807, 2.05) is 57.2 Å². The van der Waals surface area contributed by atoms with Crippen LogP contribution in [0, 0.1) is 0 Å². The van der Waals surface area contributed by atoms with Crippen LogP contribution in [-0.4, -0.2) is 29.2 Å². The smallest absolute Gasteiger partial charge is 0.415 e. The lowest BCUT2D eigenvalue weighted by atomic mass is 10.0. The first-order chi connectivity index (χ1) is 12.9. The zero-order chi connectivity index (χ0) is 19.3. The summed E-state index contributed by atoms with van der Waals surface area (Å²) < 4.78 is 11.4. The Labute approximate surface area is 161 Å². The number of carbonyl (C=O) groups excluding carboxylic acids is 1. The first kappa shape index (κ1) is 19.0. The van der Waals surface area contributed by atoms with Gasteiger partial charge in [-0.05, 0) is 38.3 Å². The van der Waals surface area contributed by atoms with Crippen LogP contribution in [0.2, 0.25) is 0 Å². The fourth-order valence-electron chi connectivity index (χ4n) is 3.17. The second-order valence-electron chi connectivity index (χ2n) is 7.80. The average molecular weight is 365 g/mol. The number of hydrogen-bond donors (Lipinski definition) is 0. The third-order valence-electron chi connectivity index (χ3n) is 4.31. The van der Waals surface area contributed by atoms with E-state index in [1.165, 1.54) is 5.56 Å². The Morgan fingerprint density at radius 1 is 1.04 bits per heavy atom. The van der Waals surface area contributed by atoms with Crippen LogP contribution in [0.4, 0.5) is 4.79 Å². The molecule has 2 aromatic rings. The summed E-state index contributed by atoms with van der Waals surface area (Å²) in [5.74, 6) is 0. The third kappa shape index (κ3) is 5.36. The number of benzene rings is 2. The minimum atomic E-state index is -0.551. The lowest BCUT2D eigenvalue weighted by Gasteiger charge is -2.37. The lowest BCUT2D eigenvalue weighted by Crippen LogP contribution is -2.48. The van der Waals surface area contributed by atoms with Gasteiger partial charge in [-0.2, -0.15) is 0 Å². The molecule has 0 spiro atoms. The summed E-state index contributed by atoms with van der Waals surface area (Å²) in [7, 11) is 0. The molecule has 4 nitrogen and oxygen atoms in total. The molecule has 0 aromatic heterocycles. The van der Waals surface area contributed by atoms with Gasteiger partial charge in [-0.3, -0.25) is 4.90 Å². The van der Waals surface area contributed by atoms with Crippen molar-refractivity contribution in [2.24, 2.45) is 0 Å². The van der Waals surface area contributed by atoms with Gasteiger partial charge in [0, 0.05) is 6.42 Å². The van der Waals surface area contributed by atoms with Gasteiger partial charge in [-0.1, -0.05) is 60.7 Å². The summed E-state index contributed by atoms with van der Waals surface area (Å²) in [5.41, 5.74) is 2.56. The van der Waals surface area contributed by atoms with Gasteiger partial charge in [0.25, 0.3) is 0 Å². The van der Waals surface area contributed by atoms with Gasteiger partial charge in [0.15, 0.2) is 0 Å². The Bertz CT molecular complexity index is 778. The highest BCUT2D eigenvalue weighted by atomic mass is 16.6. The molecule has 1 aliphatic rings. The van der Waals surface area contributed by atoms with Crippen molar-refractivity contribution in [3.63, 3.8) is 0 Å². The molecule has 1 heterocycles. The second-order valence-corrected chi connectivity index (χ2v) is 7.80. The molecule has 0 aliphatic carbocycles. The van der Waals surface area contributed by atoms with Crippen molar-refractivity contribution in [1.82, 2.24) is 4.90 Å². The van der Waals surface area contributed by atoms with Crippen molar-refractivity contribution < 1.29 is 14.3 Å². The summed E-state index contributed by atoms with van der Waals surface area (Å²) >= 11 is 0. The van der Waals surface area contributed by atoms with E-state index in [9.17, 15) is 4.79 Å². The van der Waals surface area contributed by atoms with Gasteiger partial charge in [-0.25, -0.2) is 4.79 Å². The van der Waals surface area contributed by atoms with Crippen LogP contribution in [-0.2, 0) is 22.3 Å². The van der Waals surface area contributed by atoms with Crippen molar-refractivity contribution in [3.05, 3.63) is 83.7 Å². The maximum atomic E-state index is 13.0. The van der Waals surface area contributed by atoms with Crippen LogP contribution >= 0.6 is 0 Å². The number of carbonyl (C=O) groups is 1. The Hall–Kier alpha value is -2.75. The SMILES string of the molecule is CC(C)(C)OC(=O)N1C(Cc2ccccc2)=COCC1Cc1ccccc1. The van der Waals surface area contributed by atoms with Gasteiger partial charge >= 0.3 is 6.09 Å². The van der Waals surface area contributed by atoms with E-state index in [4.69, 9.17) is 9.47 Å². The van der Waals surface area contributed by atoms with Crippen LogP contribution in [0.1, 0.15) is 31.9 Å². The number of rotatable bonds is 4. The van der Waals surface area contributed by atoms with E-state index in [2.05, 4.69) is 24.3 Å². The molecule has 3 rings (SSSR count). The maximum Gasteiger partial charge on any atom is 0.415 e. The van der Waals surface area contributed by atoms with Gasteiger partial charge in [0.05, 0.1) is 11.7 Å². The lowest BCUT2D eigenvalue weighted by molar-refractivity contribution is 0.00879. The summed E-state index contributed by atoms with van der Waals surface area (Å²) in [4.78, 5) is 14.8. The predicted molar refractivity (Wildman–Crippen MR) is 106 cm³/mol. The zero-order valence-corrected chi connectivity index (χ0v) is 16.2. The second kappa shape index (κ2) is 8.30. The molecule has 1 aliphatic heterocycles. The number of nitrogens with zero attached hydrogens (tertiary/aromatic N) is 1. The minimum Gasteiger partial charge on any atom is -0.497 e. The Balaban J connectivity index is 1.86. The monoisotopic (exact) mass is 365 g/mol. The Morgan fingerprint density at radius 2 is 1.63 bits per heavy atom. The number of hydrogen-bond acceptors (Lipinski definition) is 3. The van der Waals surface area contributed by atoms with Crippen LogP contribution in [0.15, 0.2) is 72.6 Å². The number of ether oxygens (including phenoxy) is 2. The van der Waals surface area contributed by atoms with E-state index in [1.54, 1.807) is 11.2 Å². The normalized spacial score (nSPS) is 17.1. The van der Waals surface area contributed by atoms with Crippen molar-refractivity contribution >= 4 is 6.09 Å². The summed E-state index contributed by atoms with van der Waals surface area (Å²) in [6.07, 6.45) is 2.70. The highest BCUT2D eigenvalue weighted by Gasteiger charge is 2.34. The van der Waals surface area contributed by atoms with E-state index in [0.717, 1.165) is 11.3 Å². The molecule has 0 N–H and O–H groups in total. The molecule has 1 amide bonds. The molecule has 0 bridgehead atoms. The quantitative estimate of drug-likeness (QED) is 0.769. The molecule has 4 heteroatoms. The molecule has 27 heavy (non-hydrogen) atoms. The predicted octanol–water partition coefficient (Wildman–Crippen LogP) is 4.95. The number of amides is 1. The van der Waals surface area contributed by atoms with Crippen molar-refractivity contribution in [2.45, 2.75) is 45.3 Å². The molecule has 2 aromatic carbocycles. The largest absolute Gasteiger partial charge is 0.497 e. The zero-order valence-electron chi connectivity index (χ0n) is 16.2. The van der Waals surface area contributed by atoms with E-state index < -0.39 is 5.60 Å². The van der Waals surface area contributed by atoms with Gasteiger partial charge < -0.3 is 9.47 Å². The highest BCUT2D eigenvalue weighted by Crippen LogP contribution is 2.25. The first-order valence-corrected chi connectivity index (χ1v) is 9.33. The minimum absolute atomic E-state index is 0.106. The van der Waals surface area contributed by atoms with Crippen LogP contribution in [0.5, 0.6) is 0 Å². The number of allylic oxidation sites excluding steroid dienone is 1. The Morgan fingerprint density at radius 3 is 2.22 bits per heavy atom. The van der Waals surface area contributed by atoms with Crippen LogP contribution in [0.3, 0.4) is 0 Å². The van der Waals surface area contributed by atoms with Gasteiger partial charge in [-0.15, -0.1) is 0 Å². The standard InChI is InChI=1S/C23H27NO3/c1-23(2,3)27-22(25)24-20(14-18-10-6-4-7-11-18)16-26-17-21(24)15-19-12-8-5-9-13-19/h4-13,16,21H,14-15,17H2,1-3H3. The summed E-state index contributed by atoms with van der Waals surface area (Å²) in [6, 6.07) is 20.1.